The molecule has 310 valence electrons. The first kappa shape index (κ1) is 38.6. The molecule has 9 aromatic rings. The summed E-state index contributed by atoms with van der Waals surface area (Å²) in [5.41, 5.74) is 17.5. The van der Waals surface area contributed by atoms with Gasteiger partial charge in [0.05, 0.1) is 33.9 Å². The summed E-state index contributed by atoms with van der Waals surface area (Å²) in [7, 11) is 0. The molecule has 0 saturated heterocycles. The van der Waals surface area contributed by atoms with Crippen LogP contribution in [0.15, 0.2) is 222 Å². The lowest BCUT2D eigenvalue weighted by Gasteiger charge is -2.49. The summed E-state index contributed by atoms with van der Waals surface area (Å²) in [6.45, 7) is 4.56. The molecule has 0 fully saturated rings. The van der Waals surface area contributed by atoms with Crippen LogP contribution in [-0.2, 0) is 5.41 Å². The highest BCUT2D eigenvalue weighted by Gasteiger charge is 2.50. The molecule has 3 heterocycles. The van der Waals surface area contributed by atoms with Crippen LogP contribution in [0, 0.1) is 6.92 Å². The van der Waals surface area contributed by atoms with Crippen LogP contribution in [0.1, 0.15) is 60.4 Å². The minimum Gasteiger partial charge on any atom is -0.334 e. The molecule has 0 amide bonds. The van der Waals surface area contributed by atoms with Crippen LogP contribution in [0.4, 0.5) is 28.4 Å². The van der Waals surface area contributed by atoms with Gasteiger partial charge in [-0.15, -0.1) is 0 Å². The fourth-order valence-corrected chi connectivity index (χ4v) is 12.5. The molecular formula is C60H49N3S. The van der Waals surface area contributed by atoms with E-state index in [4.69, 9.17) is 0 Å². The standard InChI is InChI=1S/C60H49N3S/c1-3-20-53(61(43-22-6-4-7-23-43)52-30-15-10-21-41(52)2)42-35-37-45(38-36-42)62-54-31-16-11-26-46(54)47-39-51-59(40-57(47)62)64-58-34-19-14-29-50(58)60(51)48-27-12-17-32-55(48)63(44-24-8-5-9-25-44)56-33-18-13-28-49(56)60/h4-19,21-35,37,39-40,53H,3,20,36,38H2,1-2H3. The summed E-state index contributed by atoms with van der Waals surface area (Å²) in [5, 5.41) is 2.58. The number of anilines is 5. The maximum Gasteiger partial charge on any atom is 0.0764 e. The van der Waals surface area contributed by atoms with E-state index >= 15 is 0 Å². The first-order valence-corrected chi connectivity index (χ1v) is 23.7. The molecule has 0 N–H and O–H groups in total. The molecule has 3 nitrogen and oxygen atoms in total. The Labute approximate surface area is 380 Å². The van der Waals surface area contributed by atoms with Crippen molar-refractivity contribution in [2.24, 2.45) is 0 Å². The van der Waals surface area contributed by atoms with Crippen LogP contribution in [0.25, 0.3) is 27.5 Å². The zero-order valence-electron chi connectivity index (χ0n) is 36.3. The number of benzene rings is 8. The zero-order chi connectivity index (χ0) is 42.8. The van der Waals surface area contributed by atoms with E-state index < -0.39 is 5.41 Å². The smallest absolute Gasteiger partial charge is 0.0764 e. The number of nitrogens with zero attached hydrogens (tertiary/aromatic N) is 3. The number of aryl methyl sites for hydroxylation is 1. The average Bonchev–Trinajstić information content (AvgIpc) is 3.67. The Kier molecular flexibility index (Phi) is 9.45. The Balaban J connectivity index is 1.06. The summed E-state index contributed by atoms with van der Waals surface area (Å²) in [6.07, 6.45) is 9.04. The molecule has 0 bridgehead atoms. The molecule has 1 aliphatic carbocycles. The molecule has 0 saturated carbocycles. The third kappa shape index (κ3) is 5.89. The minimum atomic E-state index is -0.537. The van der Waals surface area contributed by atoms with Gasteiger partial charge in [-0.3, -0.25) is 0 Å². The topological polar surface area (TPSA) is 11.4 Å². The van der Waals surface area contributed by atoms with Crippen LogP contribution in [0.5, 0.6) is 0 Å². The van der Waals surface area contributed by atoms with E-state index in [1.54, 1.807) is 0 Å². The molecule has 8 aromatic carbocycles. The number of allylic oxidation sites excluding steroid dienone is 3. The Hall–Kier alpha value is -7.01. The summed E-state index contributed by atoms with van der Waals surface area (Å²) in [4.78, 5) is 7.67. The highest BCUT2D eigenvalue weighted by Crippen LogP contribution is 2.63. The van der Waals surface area contributed by atoms with Crippen LogP contribution in [0.2, 0.25) is 0 Å². The van der Waals surface area contributed by atoms with Crippen molar-refractivity contribution in [1.29, 1.82) is 0 Å². The number of aromatic nitrogens is 1. The lowest BCUT2D eigenvalue weighted by atomic mass is 9.62. The molecule has 1 unspecified atom stereocenters. The highest BCUT2D eigenvalue weighted by atomic mass is 32.2. The predicted octanol–water partition coefficient (Wildman–Crippen LogP) is 16.3. The van der Waals surface area contributed by atoms with Crippen molar-refractivity contribution in [3.05, 3.63) is 240 Å². The summed E-state index contributed by atoms with van der Waals surface area (Å²) >= 11 is 1.92. The van der Waals surface area contributed by atoms with E-state index in [0.717, 1.165) is 31.4 Å². The van der Waals surface area contributed by atoms with E-state index in [9.17, 15) is 0 Å². The molecule has 2 aliphatic heterocycles. The third-order valence-electron chi connectivity index (χ3n) is 14.0. The van der Waals surface area contributed by atoms with Gasteiger partial charge in [0.15, 0.2) is 0 Å². The van der Waals surface area contributed by atoms with Gasteiger partial charge in [-0.25, -0.2) is 0 Å². The summed E-state index contributed by atoms with van der Waals surface area (Å²) < 4.78 is 2.58. The molecule has 12 rings (SSSR count). The van der Waals surface area contributed by atoms with Gasteiger partial charge < -0.3 is 14.4 Å². The predicted molar refractivity (Wildman–Crippen MR) is 270 cm³/mol. The van der Waals surface area contributed by atoms with Gasteiger partial charge in [0.25, 0.3) is 0 Å². The number of fused-ring (bicyclic) bond motifs is 11. The largest absolute Gasteiger partial charge is 0.334 e. The van der Waals surface area contributed by atoms with Crippen molar-refractivity contribution in [2.45, 2.75) is 60.8 Å². The van der Waals surface area contributed by atoms with Gasteiger partial charge in [0.1, 0.15) is 0 Å². The molecule has 1 aromatic heterocycles. The summed E-state index contributed by atoms with van der Waals surface area (Å²) in [6, 6.07) is 72.5. The highest BCUT2D eigenvalue weighted by molar-refractivity contribution is 7.99. The number of hydrogen-bond donors (Lipinski definition) is 0. The quantitative estimate of drug-likeness (QED) is 0.151. The maximum absolute atomic E-state index is 2.60. The zero-order valence-corrected chi connectivity index (χ0v) is 37.1. The Bertz CT molecular complexity index is 3260. The van der Waals surface area contributed by atoms with Crippen molar-refractivity contribution < 1.29 is 0 Å². The van der Waals surface area contributed by atoms with Gasteiger partial charge in [-0.2, -0.15) is 0 Å². The van der Waals surface area contributed by atoms with Crippen LogP contribution in [-0.4, -0.2) is 10.6 Å². The monoisotopic (exact) mass is 843 g/mol. The first-order chi connectivity index (χ1) is 31.6. The van der Waals surface area contributed by atoms with Crippen molar-refractivity contribution in [1.82, 2.24) is 4.57 Å². The third-order valence-corrected chi connectivity index (χ3v) is 15.1. The van der Waals surface area contributed by atoms with Gasteiger partial charge in [-0.1, -0.05) is 159 Å². The SMILES string of the molecule is CCCC(C1=CC=C(n2c3ccccc3c3cc4c(cc32)Sc2ccccc2C42c3ccccc3N(c3ccccc3)c3ccccc32)CC1)N(c1ccccc1)c1ccccc1C. The van der Waals surface area contributed by atoms with Gasteiger partial charge in [0, 0.05) is 43.3 Å². The minimum absolute atomic E-state index is 0.253. The molecule has 4 heteroatoms. The van der Waals surface area contributed by atoms with E-state index in [1.807, 2.05) is 11.8 Å². The van der Waals surface area contributed by atoms with Crippen molar-refractivity contribution in [2.75, 3.05) is 9.80 Å². The van der Waals surface area contributed by atoms with E-state index in [0.29, 0.717) is 0 Å². The van der Waals surface area contributed by atoms with Crippen LogP contribution >= 0.6 is 11.8 Å². The molecule has 1 spiro atoms. The Morgan fingerprint density at radius 2 is 1.20 bits per heavy atom. The van der Waals surface area contributed by atoms with Gasteiger partial charge in [0.2, 0.25) is 0 Å². The fourth-order valence-electron chi connectivity index (χ4n) is 11.3. The second kappa shape index (κ2) is 15.7. The number of rotatable bonds is 8. The molecule has 64 heavy (non-hydrogen) atoms. The van der Waals surface area contributed by atoms with E-state index in [1.165, 1.54) is 93.4 Å². The van der Waals surface area contributed by atoms with Crippen LogP contribution < -0.4 is 9.80 Å². The molecule has 1 atom stereocenters. The molecular weight excluding hydrogens is 795 g/mol. The summed E-state index contributed by atoms with van der Waals surface area (Å²) in [5.74, 6) is 0. The normalized spacial score (nSPS) is 15.2. The Morgan fingerprint density at radius 1 is 0.562 bits per heavy atom. The second-order valence-electron chi connectivity index (χ2n) is 17.5. The van der Waals surface area contributed by atoms with Crippen molar-refractivity contribution in [3.63, 3.8) is 0 Å². The van der Waals surface area contributed by atoms with Crippen LogP contribution in [0.3, 0.4) is 0 Å². The van der Waals surface area contributed by atoms with Crippen molar-refractivity contribution >= 4 is 67.7 Å². The molecule has 0 radical (unpaired) electrons. The number of para-hydroxylation sites is 6. The van der Waals surface area contributed by atoms with E-state index in [-0.39, 0.29) is 6.04 Å². The molecule has 3 aliphatic rings. The van der Waals surface area contributed by atoms with Crippen molar-refractivity contribution in [3.8, 4) is 0 Å². The average molecular weight is 844 g/mol. The van der Waals surface area contributed by atoms with Gasteiger partial charge in [-0.05, 0) is 132 Å². The Morgan fingerprint density at radius 3 is 1.92 bits per heavy atom. The second-order valence-corrected chi connectivity index (χ2v) is 18.6. The lowest BCUT2D eigenvalue weighted by Crippen LogP contribution is -2.39. The fraction of sp³-hybridized carbons (Fsp3) is 0.133. The lowest BCUT2D eigenvalue weighted by molar-refractivity contribution is 0.629. The number of hydrogen-bond acceptors (Lipinski definition) is 3. The van der Waals surface area contributed by atoms with Gasteiger partial charge >= 0.3 is 0 Å². The van der Waals surface area contributed by atoms with E-state index in [2.05, 4.69) is 234 Å². The maximum atomic E-state index is 2.60. The first-order valence-electron chi connectivity index (χ1n) is 22.8.